The predicted molar refractivity (Wildman–Crippen MR) is 122 cm³/mol. The molecule has 0 N–H and O–H groups in total. The van der Waals surface area contributed by atoms with Crippen LogP contribution in [0.3, 0.4) is 0 Å². The molecule has 0 heterocycles. The second kappa shape index (κ2) is 11.2. The minimum atomic E-state index is -0.812. The van der Waals surface area contributed by atoms with Gasteiger partial charge in [-0.1, -0.05) is 44.9 Å². The molecule has 4 heteroatoms. The summed E-state index contributed by atoms with van der Waals surface area (Å²) in [6.07, 6.45) is 3.36. The largest absolute Gasteiger partial charge is 0.204 e. The average Bonchev–Trinajstić information content (AvgIpc) is 3.21. The summed E-state index contributed by atoms with van der Waals surface area (Å²) >= 11 is 1.74. The molecule has 0 fully saturated rings. The summed E-state index contributed by atoms with van der Waals surface area (Å²) in [5, 5.41) is 1.98. The second-order valence-electron chi connectivity index (χ2n) is 7.73. The van der Waals surface area contributed by atoms with E-state index in [9.17, 15) is 8.78 Å². The molecule has 0 aliphatic heterocycles. The van der Waals surface area contributed by atoms with Gasteiger partial charge in [0.25, 0.3) is 0 Å². The van der Waals surface area contributed by atoms with Gasteiger partial charge in [0.1, 0.15) is 0 Å². The SMILES string of the molecule is CC1=[C-]C(C)C(C)=C1C.C[Si](C)=[Zr+2].Fc1cccc(-c2c[cH-]c3ccccc23)c1F. The number of allylic oxidation sites excluding steroid dienone is 4. The predicted octanol–water partition coefficient (Wildman–Crippen LogP) is 8.01. The smallest absolute Gasteiger partial charge is 0.158 e. The fraction of sp³-hybridized carbons (Fsp3) is 0.269. The minimum Gasteiger partial charge on any atom is -0.204 e. The van der Waals surface area contributed by atoms with Gasteiger partial charge in [-0.3, -0.25) is 6.08 Å². The Morgan fingerprint density at radius 1 is 0.967 bits per heavy atom. The fourth-order valence-corrected chi connectivity index (χ4v) is 3.26. The Hall–Kier alpha value is -1.51. The van der Waals surface area contributed by atoms with Crippen LogP contribution in [-0.4, -0.2) is 5.43 Å². The van der Waals surface area contributed by atoms with Gasteiger partial charge in [0.2, 0.25) is 0 Å². The molecule has 3 aromatic carbocycles. The van der Waals surface area contributed by atoms with Crippen LogP contribution >= 0.6 is 0 Å². The van der Waals surface area contributed by atoms with E-state index >= 15 is 0 Å². The Morgan fingerprint density at radius 3 is 2.13 bits per heavy atom. The van der Waals surface area contributed by atoms with Crippen LogP contribution in [0, 0.1) is 23.6 Å². The van der Waals surface area contributed by atoms with Crippen molar-refractivity contribution < 1.29 is 32.1 Å². The van der Waals surface area contributed by atoms with Crippen molar-refractivity contribution in [2.75, 3.05) is 0 Å². The Bertz CT molecular complexity index is 1100. The zero-order chi connectivity index (χ0) is 22.4. The molecule has 0 bridgehead atoms. The van der Waals surface area contributed by atoms with Crippen molar-refractivity contribution in [2.24, 2.45) is 5.92 Å². The molecule has 0 radical (unpaired) electrons. The topological polar surface area (TPSA) is 0 Å². The van der Waals surface area contributed by atoms with Crippen molar-refractivity contribution in [3.8, 4) is 11.1 Å². The number of halogens is 2. The van der Waals surface area contributed by atoms with E-state index in [0.29, 0.717) is 11.5 Å². The molecule has 30 heavy (non-hydrogen) atoms. The molecule has 0 saturated heterocycles. The van der Waals surface area contributed by atoms with Gasteiger partial charge in [0, 0.05) is 0 Å². The van der Waals surface area contributed by atoms with E-state index < -0.39 is 11.6 Å². The zero-order valence-electron chi connectivity index (χ0n) is 18.5. The maximum Gasteiger partial charge on any atom is 0.158 e. The summed E-state index contributed by atoms with van der Waals surface area (Å²) in [4.78, 5) is 0. The summed E-state index contributed by atoms with van der Waals surface area (Å²) in [6.45, 7) is 13.3. The number of hydrogen-bond acceptors (Lipinski definition) is 0. The molecule has 0 spiro atoms. The summed E-state index contributed by atoms with van der Waals surface area (Å²) in [5.74, 6) is -1.04. The van der Waals surface area contributed by atoms with Crippen LogP contribution < -0.4 is 0 Å². The molecule has 1 aliphatic rings. The molecule has 1 aliphatic carbocycles. The van der Waals surface area contributed by atoms with Gasteiger partial charge in [0.15, 0.2) is 11.6 Å². The van der Waals surface area contributed by atoms with Crippen molar-refractivity contribution in [1.82, 2.24) is 0 Å². The molecule has 0 aromatic heterocycles. The van der Waals surface area contributed by atoms with E-state index in [-0.39, 0.29) is 5.43 Å². The van der Waals surface area contributed by atoms with E-state index in [2.05, 4.69) is 46.9 Å². The van der Waals surface area contributed by atoms with Crippen molar-refractivity contribution in [3.63, 3.8) is 0 Å². The third-order valence-electron chi connectivity index (χ3n) is 5.16. The van der Waals surface area contributed by atoms with Gasteiger partial charge in [-0.25, -0.2) is 14.4 Å². The maximum atomic E-state index is 13.7. The molecule has 1 atom stereocenters. The summed E-state index contributed by atoms with van der Waals surface area (Å²) in [5.41, 5.74) is 5.50. The Kier molecular flexibility index (Phi) is 9.25. The van der Waals surface area contributed by atoms with Gasteiger partial charge in [-0.15, -0.1) is 53.6 Å². The van der Waals surface area contributed by atoms with Gasteiger partial charge in [-0.05, 0) is 11.6 Å². The first kappa shape index (κ1) is 24.8. The van der Waals surface area contributed by atoms with E-state index in [4.69, 9.17) is 0 Å². The molecule has 1 unspecified atom stereocenters. The number of hydrogen-bond donors (Lipinski definition) is 0. The van der Waals surface area contributed by atoms with Crippen molar-refractivity contribution >= 4 is 16.2 Å². The molecular formula is C26H28F2SiZr. The second-order valence-corrected chi connectivity index (χ2v) is 17.1. The molecule has 3 aromatic rings. The van der Waals surface area contributed by atoms with Crippen molar-refractivity contribution in [1.29, 1.82) is 0 Å². The van der Waals surface area contributed by atoms with E-state index in [1.165, 1.54) is 22.8 Å². The van der Waals surface area contributed by atoms with Gasteiger partial charge in [-0.2, -0.15) is 11.1 Å². The van der Waals surface area contributed by atoms with Crippen LogP contribution in [0.15, 0.2) is 71.3 Å². The van der Waals surface area contributed by atoms with Crippen LogP contribution in [0.5, 0.6) is 0 Å². The molecule has 154 valence electrons. The first-order valence-electron chi connectivity index (χ1n) is 10.0. The first-order chi connectivity index (χ1) is 14.1. The zero-order valence-corrected chi connectivity index (χ0v) is 22.0. The maximum absolute atomic E-state index is 13.7. The van der Waals surface area contributed by atoms with Crippen LogP contribution in [-0.2, 0) is 23.3 Å². The standard InChI is InChI=1S/C15H9F2.C9H13.C2H6Si.Zr/c16-14-7-3-6-13(15(14)17)12-9-8-10-4-1-2-5-11(10)12;1-6-5-7(2)9(4)8(6)3;1-3-2;/h1-9H;6H,1-4H3;1-2H3;/q2*-1;;+2. The molecule has 0 saturated carbocycles. The third kappa shape index (κ3) is 6.25. The number of benzene rings is 2. The van der Waals surface area contributed by atoms with E-state index in [1.807, 2.05) is 36.4 Å². The molecule has 4 rings (SSSR count). The Balaban J connectivity index is 0.000000207. The van der Waals surface area contributed by atoms with Crippen LogP contribution in [0.1, 0.15) is 27.7 Å². The molecule has 0 amide bonds. The third-order valence-corrected chi connectivity index (χ3v) is 5.16. The van der Waals surface area contributed by atoms with Crippen LogP contribution in [0.4, 0.5) is 8.78 Å². The fourth-order valence-electron chi connectivity index (χ4n) is 3.26. The summed E-state index contributed by atoms with van der Waals surface area (Å²) in [7, 11) is 0. The number of rotatable bonds is 1. The monoisotopic (exact) mass is 496 g/mol. The normalized spacial score (nSPS) is 15.3. The van der Waals surface area contributed by atoms with E-state index in [1.54, 1.807) is 29.4 Å². The Morgan fingerprint density at radius 2 is 1.60 bits per heavy atom. The van der Waals surface area contributed by atoms with Gasteiger partial charge < -0.3 is 0 Å². The number of fused-ring (bicyclic) bond motifs is 1. The van der Waals surface area contributed by atoms with Gasteiger partial charge >= 0.3 is 41.9 Å². The Labute approximate surface area is 194 Å². The minimum absolute atomic E-state index is 0.210. The average molecular weight is 498 g/mol. The van der Waals surface area contributed by atoms with Crippen LogP contribution in [0.25, 0.3) is 21.9 Å². The quantitative estimate of drug-likeness (QED) is 0.236. The van der Waals surface area contributed by atoms with Gasteiger partial charge in [0.05, 0.1) is 0 Å². The van der Waals surface area contributed by atoms with Crippen molar-refractivity contribution in [2.45, 2.75) is 40.8 Å². The summed E-state index contributed by atoms with van der Waals surface area (Å²) in [6, 6.07) is 15.7. The molecular weight excluding hydrogens is 470 g/mol. The first-order valence-corrected chi connectivity index (χ1v) is 16.2. The van der Waals surface area contributed by atoms with E-state index in [0.717, 1.165) is 22.4 Å². The molecule has 0 nitrogen and oxygen atoms in total. The summed E-state index contributed by atoms with van der Waals surface area (Å²) < 4.78 is 26.9. The van der Waals surface area contributed by atoms with Crippen LogP contribution in [0.2, 0.25) is 13.1 Å². The van der Waals surface area contributed by atoms with Crippen molar-refractivity contribution in [3.05, 3.63) is 89.0 Å².